The summed E-state index contributed by atoms with van der Waals surface area (Å²) >= 11 is 1.73. The number of piperazine rings is 1. The minimum absolute atomic E-state index is 0.583. The van der Waals surface area contributed by atoms with E-state index < -0.39 is 0 Å². The second kappa shape index (κ2) is 8.68. The molecule has 5 rings (SSSR count). The molecule has 2 aromatic carbocycles. The molecular weight excluding hydrogens is 390 g/mol. The maximum Gasteiger partial charge on any atom is 0.0907 e. The van der Waals surface area contributed by atoms with Crippen LogP contribution in [0.25, 0.3) is 32.4 Å². The average Bonchev–Trinajstić information content (AvgIpc) is 3.16. The van der Waals surface area contributed by atoms with Crippen molar-refractivity contribution in [2.24, 2.45) is 0 Å². The van der Waals surface area contributed by atoms with Crippen LogP contribution in [0.3, 0.4) is 0 Å². The van der Waals surface area contributed by atoms with Crippen molar-refractivity contribution in [3.63, 3.8) is 0 Å². The molecule has 0 saturated carbocycles. The quantitative estimate of drug-likeness (QED) is 0.401. The van der Waals surface area contributed by atoms with Gasteiger partial charge in [-0.2, -0.15) is 0 Å². The van der Waals surface area contributed by atoms with E-state index in [0.29, 0.717) is 6.04 Å². The van der Waals surface area contributed by atoms with Crippen LogP contribution in [0, 0.1) is 6.92 Å². The smallest absolute Gasteiger partial charge is 0.0907 e. The Morgan fingerprint density at radius 3 is 2.90 bits per heavy atom. The number of pyridine rings is 1. The van der Waals surface area contributed by atoms with Gasteiger partial charge in [-0.3, -0.25) is 0 Å². The molecule has 3 N–H and O–H groups in total. The Labute approximate surface area is 180 Å². The van der Waals surface area contributed by atoms with E-state index in [9.17, 15) is 0 Å². The van der Waals surface area contributed by atoms with Crippen LogP contribution in [0.15, 0.2) is 48.5 Å². The number of hydrogen-bond acceptors (Lipinski definition) is 6. The molecule has 2 aromatic heterocycles. The summed E-state index contributed by atoms with van der Waals surface area (Å²) in [5.74, 6) is 0. The number of nitrogens with zero attached hydrogens (tertiary/aromatic N) is 2. The standard InChI is InChI=1S/C24H27N5S/c1-16-28-21-9-8-17(13-24(21)30-16)22-14-23(19-6-2-3-7-20(19)29-22)27-10-4-5-18-15-25-11-12-26-18/h2-3,6-9,13-14,18,25-26H,4-5,10-12,15H2,1H3,(H,27,29). The van der Waals surface area contributed by atoms with E-state index in [1.165, 1.54) is 16.5 Å². The Kier molecular flexibility index (Phi) is 5.62. The van der Waals surface area contributed by atoms with Crippen molar-refractivity contribution >= 4 is 38.1 Å². The summed E-state index contributed by atoms with van der Waals surface area (Å²) in [6, 6.07) is 17.6. The van der Waals surface area contributed by atoms with Gasteiger partial charge in [-0.25, -0.2) is 9.97 Å². The Morgan fingerprint density at radius 2 is 2.00 bits per heavy atom. The molecule has 0 aliphatic carbocycles. The molecule has 1 unspecified atom stereocenters. The van der Waals surface area contributed by atoms with Crippen LogP contribution in [0.4, 0.5) is 5.69 Å². The number of aryl methyl sites for hydroxylation is 1. The number of hydrogen-bond donors (Lipinski definition) is 3. The van der Waals surface area contributed by atoms with E-state index in [1.54, 1.807) is 11.3 Å². The number of nitrogens with one attached hydrogen (secondary N) is 3. The lowest BCUT2D eigenvalue weighted by molar-refractivity contribution is 0.395. The molecule has 154 valence electrons. The van der Waals surface area contributed by atoms with Gasteiger partial charge in [0.25, 0.3) is 0 Å². The summed E-state index contributed by atoms with van der Waals surface area (Å²) in [7, 11) is 0. The van der Waals surface area contributed by atoms with Crippen molar-refractivity contribution in [1.82, 2.24) is 20.6 Å². The number of anilines is 1. The third-order valence-electron chi connectivity index (χ3n) is 5.68. The molecule has 1 atom stereocenters. The van der Waals surface area contributed by atoms with Crippen LogP contribution in [0.2, 0.25) is 0 Å². The zero-order valence-corrected chi connectivity index (χ0v) is 18.1. The van der Waals surface area contributed by atoms with E-state index in [0.717, 1.165) is 65.6 Å². The summed E-state index contributed by atoms with van der Waals surface area (Å²) in [4.78, 5) is 9.53. The maximum atomic E-state index is 4.95. The minimum atomic E-state index is 0.583. The molecule has 4 aromatic rings. The fraction of sp³-hybridized carbons (Fsp3) is 0.333. The first-order chi connectivity index (χ1) is 14.8. The largest absolute Gasteiger partial charge is 0.384 e. The van der Waals surface area contributed by atoms with E-state index >= 15 is 0 Å². The second-order valence-electron chi connectivity index (χ2n) is 7.91. The van der Waals surface area contributed by atoms with Gasteiger partial charge in [0.05, 0.1) is 26.4 Å². The summed E-state index contributed by atoms with van der Waals surface area (Å²) in [6.45, 7) is 6.23. The number of aromatic nitrogens is 2. The molecule has 3 heterocycles. The van der Waals surface area contributed by atoms with Gasteiger partial charge in [-0.15, -0.1) is 11.3 Å². The average molecular weight is 418 g/mol. The SMILES string of the molecule is Cc1nc2ccc(-c3cc(NCCCC4CNCCN4)c4ccccc4n3)cc2s1. The van der Waals surface area contributed by atoms with E-state index in [4.69, 9.17) is 4.98 Å². The first-order valence-corrected chi connectivity index (χ1v) is 11.5. The number of para-hydroxylation sites is 1. The van der Waals surface area contributed by atoms with Crippen LogP contribution >= 0.6 is 11.3 Å². The van der Waals surface area contributed by atoms with E-state index in [2.05, 4.69) is 76.4 Å². The molecule has 30 heavy (non-hydrogen) atoms. The zero-order valence-electron chi connectivity index (χ0n) is 17.2. The van der Waals surface area contributed by atoms with E-state index in [-0.39, 0.29) is 0 Å². The first-order valence-electron chi connectivity index (χ1n) is 10.7. The maximum absolute atomic E-state index is 4.95. The van der Waals surface area contributed by atoms with Crippen molar-refractivity contribution in [2.45, 2.75) is 25.8 Å². The van der Waals surface area contributed by atoms with Gasteiger partial charge in [0.1, 0.15) is 0 Å². The Bertz CT molecular complexity index is 1160. The number of fused-ring (bicyclic) bond motifs is 2. The predicted molar refractivity (Wildman–Crippen MR) is 127 cm³/mol. The number of rotatable bonds is 6. The minimum Gasteiger partial charge on any atom is -0.384 e. The van der Waals surface area contributed by atoms with Crippen molar-refractivity contribution in [2.75, 3.05) is 31.5 Å². The van der Waals surface area contributed by atoms with Crippen LogP contribution in [-0.4, -0.2) is 42.2 Å². The number of benzene rings is 2. The fourth-order valence-corrected chi connectivity index (χ4v) is 5.02. The summed E-state index contributed by atoms with van der Waals surface area (Å²) in [5.41, 5.74) is 5.38. The molecule has 1 fully saturated rings. The lowest BCUT2D eigenvalue weighted by atomic mass is 10.1. The second-order valence-corrected chi connectivity index (χ2v) is 9.15. The first kappa shape index (κ1) is 19.4. The molecule has 1 saturated heterocycles. The Hall–Kier alpha value is -2.54. The van der Waals surface area contributed by atoms with E-state index in [1.807, 2.05) is 0 Å². The highest BCUT2D eigenvalue weighted by Crippen LogP contribution is 2.31. The third kappa shape index (κ3) is 4.17. The molecule has 5 nitrogen and oxygen atoms in total. The van der Waals surface area contributed by atoms with Gasteiger partial charge in [-0.05, 0) is 44.0 Å². The third-order valence-corrected chi connectivity index (χ3v) is 6.61. The fourth-order valence-electron chi connectivity index (χ4n) is 4.16. The van der Waals surface area contributed by atoms with Crippen LogP contribution in [0.1, 0.15) is 17.8 Å². The van der Waals surface area contributed by atoms with Crippen molar-refractivity contribution in [3.8, 4) is 11.3 Å². The Balaban J connectivity index is 1.39. The summed E-state index contributed by atoms with van der Waals surface area (Å²) in [6.07, 6.45) is 2.31. The molecular formula is C24H27N5S. The topological polar surface area (TPSA) is 61.9 Å². The van der Waals surface area contributed by atoms with Crippen molar-refractivity contribution < 1.29 is 0 Å². The molecule has 0 bridgehead atoms. The highest BCUT2D eigenvalue weighted by molar-refractivity contribution is 7.18. The molecule has 6 heteroatoms. The van der Waals surface area contributed by atoms with Crippen molar-refractivity contribution in [1.29, 1.82) is 0 Å². The normalized spacial score (nSPS) is 16.9. The van der Waals surface area contributed by atoms with Crippen LogP contribution in [0.5, 0.6) is 0 Å². The molecule has 0 radical (unpaired) electrons. The van der Waals surface area contributed by atoms with Gasteiger partial charge in [0.2, 0.25) is 0 Å². The van der Waals surface area contributed by atoms with Gasteiger partial charge in [0.15, 0.2) is 0 Å². The predicted octanol–water partition coefficient (Wildman–Crippen LogP) is 4.57. The van der Waals surface area contributed by atoms with Gasteiger partial charge >= 0.3 is 0 Å². The molecule has 0 spiro atoms. The van der Waals surface area contributed by atoms with Crippen LogP contribution in [-0.2, 0) is 0 Å². The lowest BCUT2D eigenvalue weighted by Gasteiger charge is -2.24. The van der Waals surface area contributed by atoms with Gasteiger partial charge in [-0.1, -0.05) is 24.3 Å². The molecule has 1 aliphatic heterocycles. The highest BCUT2D eigenvalue weighted by atomic mass is 32.1. The summed E-state index contributed by atoms with van der Waals surface area (Å²) < 4.78 is 1.21. The Morgan fingerprint density at radius 1 is 1.07 bits per heavy atom. The highest BCUT2D eigenvalue weighted by Gasteiger charge is 2.12. The number of thiazole rings is 1. The lowest BCUT2D eigenvalue weighted by Crippen LogP contribution is -2.48. The van der Waals surface area contributed by atoms with Crippen molar-refractivity contribution in [3.05, 3.63) is 53.5 Å². The van der Waals surface area contributed by atoms with Gasteiger partial charge in [0, 0.05) is 48.9 Å². The molecule has 1 aliphatic rings. The zero-order chi connectivity index (χ0) is 20.3. The van der Waals surface area contributed by atoms with Gasteiger partial charge < -0.3 is 16.0 Å². The monoisotopic (exact) mass is 417 g/mol. The molecule has 0 amide bonds. The van der Waals surface area contributed by atoms with Crippen LogP contribution < -0.4 is 16.0 Å². The summed E-state index contributed by atoms with van der Waals surface area (Å²) in [5, 5.41) is 13.0.